The molecule has 0 amide bonds. The zero-order chi connectivity index (χ0) is 12.3. The van der Waals surface area contributed by atoms with E-state index in [2.05, 4.69) is 23.8 Å². The Morgan fingerprint density at radius 3 is 2.59 bits per heavy atom. The standard InChI is InChI=1S/C14H22N2O/c1-4-12-9-14(16-11(3)15-12)17-13-7-5-10(2)6-8-13/h9-10,13H,4-8H2,1-3H3. The van der Waals surface area contributed by atoms with Crippen LogP contribution in [0.15, 0.2) is 6.07 Å². The van der Waals surface area contributed by atoms with E-state index in [1.807, 2.05) is 13.0 Å². The number of hydrogen-bond donors (Lipinski definition) is 0. The Balaban J connectivity index is 2.00. The molecule has 2 rings (SSSR count). The van der Waals surface area contributed by atoms with Gasteiger partial charge in [0.25, 0.3) is 0 Å². The third-order valence-corrected chi connectivity index (χ3v) is 3.48. The molecule has 0 N–H and O–H groups in total. The normalized spacial score (nSPS) is 24.6. The van der Waals surface area contributed by atoms with E-state index in [0.29, 0.717) is 6.10 Å². The number of aromatic nitrogens is 2. The lowest BCUT2D eigenvalue weighted by atomic mass is 9.89. The molecule has 17 heavy (non-hydrogen) atoms. The lowest BCUT2D eigenvalue weighted by Crippen LogP contribution is -2.23. The average Bonchev–Trinajstić information content (AvgIpc) is 2.31. The van der Waals surface area contributed by atoms with Crippen LogP contribution in [0.2, 0.25) is 0 Å². The van der Waals surface area contributed by atoms with Crippen LogP contribution >= 0.6 is 0 Å². The summed E-state index contributed by atoms with van der Waals surface area (Å²) in [5.74, 6) is 2.42. The third-order valence-electron chi connectivity index (χ3n) is 3.48. The van der Waals surface area contributed by atoms with Crippen molar-refractivity contribution in [2.45, 2.75) is 59.0 Å². The number of hydrogen-bond acceptors (Lipinski definition) is 3. The minimum atomic E-state index is 0.352. The van der Waals surface area contributed by atoms with Gasteiger partial charge >= 0.3 is 0 Å². The molecule has 0 aromatic carbocycles. The van der Waals surface area contributed by atoms with Gasteiger partial charge in [0.2, 0.25) is 5.88 Å². The second-order valence-corrected chi connectivity index (χ2v) is 5.10. The molecule has 0 aliphatic heterocycles. The van der Waals surface area contributed by atoms with Crippen LogP contribution in [0.25, 0.3) is 0 Å². The van der Waals surface area contributed by atoms with Crippen LogP contribution in [-0.2, 0) is 6.42 Å². The molecule has 1 aromatic heterocycles. The topological polar surface area (TPSA) is 35.0 Å². The van der Waals surface area contributed by atoms with Gasteiger partial charge in [-0.05, 0) is 44.9 Å². The average molecular weight is 234 g/mol. The quantitative estimate of drug-likeness (QED) is 0.805. The summed E-state index contributed by atoms with van der Waals surface area (Å²) in [5, 5.41) is 0. The highest BCUT2D eigenvalue weighted by molar-refractivity contribution is 5.16. The van der Waals surface area contributed by atoms with Crippen molar-refractivity contribution >= 4 is 0 Å². The van der Waals surface area contributed by atoms with Crippen molar-refractivity contribution < 1.29 is 4.74 Å². The molecular formula is C14H22N2O. The van der Waals surface area contributed by atoms with Gasteiger partial charge in [-0.2, -0.15) is 4.98 Å². The Kier molecular flexibility index (Phi) is 3.97. The fourth-order valence-electron chi connectivity index (χ4n) is 2.36. The fourth-order valence-corrected chi connectivity index (χ4v) is 2.36. The number of nitrogens with zero attached hydrogens (tertiary/aromatic N) is 2. The van der Waals surface area contributed by atoms with Crippen LogP contribution in [0.4, 0.5) is 0 Å². The summed E-state index contributed by atoms with van der Waals surface area (Å²) in [6.07, 6.45) is 6.15. The van der Waals surface area contributed by atoms with Gasteiger partial charge in [-0.15, -0.1) is 0 Å². The summed E-state index contributed by atoms with van der Waals surface area (Å²) in [5.41, 5.74) is 1.07. The van der Waals surface area contributed by atoms with Gasteiger partial charge in [0.1, 0.15) is 11.9 Å². The summed E-state index contributed by atoms with van der Waals surface area (Å²) in [4.78, 5) is 8.73. The molecule has 0 atom stereocenters. The van der Waals surface area contributed by atoms with Crippen molar-refractivity contribution in [3.05, 3.63) is 17.6 Å². The molecule has 0 saturated heterocycles. The number of ether oxygens (including phenoxy) is 1. The van der Waals surface area contributed by atoms with Crippen LogP contribution < -0.4 is 4.74 Å². The Labute approximate surface area is 104 Å². The highest BCUT2D eigenvalue weighted by Gasteiger charge is 2.20. The van der Waals surface area contributed by atoms with Gasteiger partial charge in [0.05, 0.1) is 0 Å². The predicted molar refractivity (Wildman–Crippen MR) is 68.2 cm³/mol. The largest absolute Gasteiger partial charge is 0.474 e. The molecule has 0 radical (unpaired) electrons. The van der Waals surface area contributed by atoms with Gasteiger partial charge in [-0.1, -0.05) is 13.8 Å². The van der Waals surface area contributed by atoms with Crippen LogP contribution in [0.5, 0.6) is 5.88 Å². The number of aryl methyl sites for hydroxylation is 2. The van der Waals surface area contributed by atoms with Crippen LogP contribution in [0.3, 0.4) is 0 Å². The van der Waals surface area contributed by atoms with Gasteiger partial charge in [0.15, 0.2) is 0 Å². The number of rotatable bonds is 3. The van der Waals surface area contributed by atoms with Gasteiger partial charge in [0, 0.05) is 11.8 Å². The van der Waals surface area contributed by atoms with Crippen molar-refractivity contribution in [2.24, 2.45) is 5.92 Å². The predicted octanol–water partition coefficient (Wildman–Crippen LogP) is 3.30. The lowest BCUT2D eigenvalue weighted by molar-refractivity contribution is 0.129. The highest BCUT2D eigenvalue weighted by Crippen LogP contribution is 2.26. The van der Waals surface area contributed by atoms with Crippen LogP contribution in [0, 0.1) is 12.8 Å². The van der Waals surface area contributed by atoms with Crippen molar-refractivity contribution in [1.82, 2.24) is 9.97 Å². The maximum absolute atomic E-state index is 5.98. The summed E-state index contributed by atoms with van der Waals surface area (Å²) < 4.78 is 5.98. The summed E-state index contributed by atoms with van der Waals surface area (Å²) in [6, 6.07) is 1.98. The molecule has 0 spiro atoms. The SMILES string of the molecule is CCc1cc(OC2CCC(C)CC2)nc(C)n1. The highest BCUT2D eigenvalue weighted by atomic mass is 16.5. The Bertz CT molecular complexity index is 370. The molecular weight excluding hydrogens is 212 g/mol. The van der Waals surface area contributed by atoms with E-state index in [9.17, 15) is 0 Å². The first-order valence-electron chi connectivity index (χ1n) is 6.68. The van der Waals surface area contributed by atoms with E-state index >= 15 is 0 Å². The molecule has 94 valence electrons. The van der Waals surface area contributed by atoms with Crippen LogP contribution in [0.1, 0.15) is 51.0 Å². The van der Waals surface area contributed by atoms with Crippen molar-refractivity contribution in [3.8, 4) is 5.88 Å². The monoisotopic (exact) mass is 234 g/mol. The zero-order valence-electron chi connectivity index (χ0n) is 11.1. The summed E-state index contributed by atoms with van der Waals surface area (Å²) >= 11 is 0. The summed E-state index contributed by atoms with van der Waals surface area (Å²) in [6.45, 7) is 6.35. The van der Waals surface area contributed by atoms with Gasteiger partial charge in [-0.3, -0.25) is 0 Å². The second kappa shape index (κ2) is 5.48. The Hall–Kier alpha value is -1.12. The maximum Gasteiger partial charge on any atom is 0.217 e. The molecule has 3 heteroatoms. The van der Waals surface area contributed by atoms with E-state index < -0.39 is 0 Å². The van der Waals surface area contributed by atoms with Gasteiger partial charge in [-0.25, -0.2) is 4.98 Å². The van der Waals surface area contributed by atoms with E-state index in [4.69, 9.17) is 4.74 Å². The maximum atomic E-state index is 5.98. The molecule has 1 aromatic rings. The zero-order valence-corrected chi connectivity index (χ0v) is 11.1. The minimum Gasteiger partial charge on any atom is -0.474 e. The van der Waals surface area contributed by atoms with Crippen molar-refractivity contribution in [1.29, 1.82) is 0 Å². The molecule has 1 aliphatic carbocycles. The Morgan fingerprint density at radius 1 is 1.24 bits per heavy atom. The molecule has 0 unspecified atom stereocenters. The minimum absolute atomic E-state index is 0.352. The van der Waals surface area contributed by atoms with E-state index in [0.717, 1.165) is 42.6 Å². The molecule has 1 heterocycles. The molecule has 1 saturated carbocycles. The first kappa shape index (κ1) is 12.3. The Morgan fingerprint density at radius 2 is 1.94 bits per heavy atom. The van der Waals surface area contributed by atoms with Gasteiger partial charge < -0.3 is 4.74 Å². The third kappa shape index (κ3) is 3.42. The molecule has 0 bridgehead atoms. The second-order valence-electron chi connectivity index (χ2n) is 5.10. The van der Waals surface area contributed by atoms with E-state index in [1.165, 1.54) is 12.8 Å². The van der Waals surface area contributed by atoms with Crippen LogP contribution in [-0.4, -0.2) is 16.1 Å². The first-order chi connectivity index (χ1) is 8.17. The molecule has 3 nitrogen and oxygen atoms in total. The van der Waals surface area contributed by atoms with Crippen molar-refractivity contribution in [3.63, 3.8) is 0 Å². The molecule has 1 aliphatic rings. The fraction of sp³-hybridized carbons (Fsp3) is 0.714. The van der Waals surface area contributed by atoms with Crippen molar-refractivity contribution in [2.75, 3.05) is 0 Å². The first-order valence-corrected chi connectivity index (χ1v) is 6.68. The summed E-state index contributed by atoms with van der Waals surface area (Å²) in [7, 11) is 0. The lowest BCUT2D eigenvalue weighted by Gasteiger charge is -2.26. The van der Waals surface area contributed by atoms with E-state index in [-0.39, 0.29) is 0 Å². The molecule has 1 fully saturated rings. The van der Waals surface area contributed by atoms with E-state index in [1.54, 1.807) is 0 Å². The smallest absolute Gasteiger partial charge is 0.217 e.